The molecule has 80 valence electrons. The van der Waals surface area contributed by atoms with E-state index in [2.05, 4.69) is 4.90 Å². The molecule has 0 atom stereocenters. The van der Waals surface area contributed by atoms with Crippen molar-refractivity contribution in [3.63, 3.8) is 0 Å². The molecule has 0 aliphatic carbocycles. The number of hydrogen-bond donors (Lipinski definition) is 1. The van der Waals surface area contributed by atoms with Crippen LogP contribution in [-0.2, 0) is 9.59 Å². The van der Waals surface area contributed by atoms with E-state index in [0.29, 0.717) is 19.6 Å². The van der Waals surface area contributed by atoms with Gasteiger partial charge in [0, 0.05) is 25.2 Å². The lowest BCUT2D eigenvalue weighted by Crippen LogP contribution is -2.59. The first kappa shape index (κ1) is 11.0. The lowest BCUT2D eigenvalue weighted by atomic mass is 10.00. The molecule has 1 aliphatic heterocycles. The molecular formula is C9H16N2O3. The molecule has 1 rings (SSSR count). The van der Waals surface area contributed by atoms with Crippen molar-refractivity contribution in [1.29, 1.82) is 0 Å². The minimum absolute atomic E-state index is 0.149. The quantitative estimate of drug-likeness (QED) is 0.542. The molecule has 0 bridgehead atoms. The Labute approximate surface area is 83.3 Å². The van der Waals surface area contributed by atoms with E-state index in [4.69, 9.17) is 5.11 Å². The Morgan fingerprint density at radius 3 is 2.29 bits per heavy atom. The predicted molar refractivity (Wildman–Crippen MR) is 50.9 cm³/mol. The zero-order valence-electron chi connectivity index (χ0n) is 8.78. The van der Waals surface area contributed by atoms with Crippen LogP contribution < -0.4 is 0 Å². The summed E-state index contributed by atoms with van der Waals surface area (Å²) in [5.41, 5.74) is -0.149. The number of rotatable bonds is 0. The van der Waals surface area contributed by atoms with Gasteiger partial charge in [0.2, 0.25) is 0 Å². The van der Waals surface area contributed by atoms with Crippen LogP contribution in [0.25, 0.3) is 0 Å². The lowest BCUT2D eigenvalue weighted by Gasteiger charge is -2.44. The van der Waals surface area contributed by atoms with Crippen molar-refractivity contribution in [2.45, 2.75) is 19.4 Å². The first-order chi connectivity index (χ1) is 6.34. The topological polar surface area (TPSA) is 60.9 Å². The maximum Gasteiger partial charge on any atom is 0.394 e. The number of likely N-dealkylation sites (N-methyl/N-ethyl adjacent to an activating group) is 1. The Hall–Kier alpha value is -1.10. The van der Waals surface area contributed by atoms with Crippen molar-refractivity contribution in [1.82, 2.24) is 9.80 Å². The highest BCUT2D eigenvalue weighted by Gasteiger charge is 2.35. The van der Waals surface area contributed by atoms with E-state index < -0.39 is 11.9 Å². The third-order valence-electron chi connectivity index (χ3n) is 2.79. The minimum atomic E-state index is -1.37. The standard InChI is InChI=1S/C9H16N2O3/c1-9(2)6-11(5-4-10(9)3)7(12)8(13)14/h4-6H2,1-3H3,(H,13,14). The summed E-state index contributed by atoms with van der Waals surface area (Å²) in [5, 5.41) is 8.57. The molecule has 0 aromatic rings. The first-order valence-corrected chi connectivity index (χ1v) is 4.58. The molecule has 0 radical (unpaired) electrons. The number of carbonyl (C=O) groups is 2. The summed E-state index contributed by atoms with van der Waals surface area (Å²) in [7, 11) is 1.97. The van der Waals surface area contributed by atoms with Gasteiger partial charge in [0.15, 0.2) is 0 Å². The molecule has 0 aromatic heterocycles. The zero-order chi connectivity index (χ0) is 10.9. The van der Waals surface area contributed by atoms with E-state index in [-0.39, 0.29) is 5.54 Å². The van der Waals surface area contributed by atoms with Gasteiger partial charge in [0.25, 0.3) is 0 Å². The van der Waals surface area contributed by atoms with Crippen molar-refractivity contribution in [3.05, 3.63) is 0 Å². The predicted octanol–water partition coefficient (Wildman–Crippen LogP) is -0.376. The highest BCUT2D eigenvalue weighted by atomic mass is 16.4. The Bertz CT molecular complexity index is 263. The van der Waals surface area contributed by atoms with E-state index >= 15 is 0 Å². The van der Waals surface area contributed by atoms with Gasteiger partial charge < -0.3 is 10.0 Å². The van der Waals surface area contributed by atoms with Gasteiger partial charge in [-0.25, -0.2) is 4.79 Å². The van der Waals surface area contributed by atoms with Crippen LogP contribution in [0, 0.1) is 0 Å². The molecule has 1 amide bonds. The van der Waals surface area contributed by atoms with Gasteiger partial charge in [0.05, 0.1) is 0 Å². The average Bonchev–Trinajstić information content (AvgIpc) is 2.08. The van der Waals surface area contributed by atoms with Gasteiger partial charge in [-0.1, -0.05) is 0 Å². The summed E-state index contributed by atoms with van der Waals surface area (Å²) in [6, 6.07) is 0. The maximum atomic E-state index is 11.2. The van der Waals surface area contributed by atoms with E-state index in [9.17, 15) is 9.59 Å². The number of nitrogens with zero attached hydrogens (tertiary/aromatic N) is 2. The third-order valence-corrected chi connectivity index (χ3v) is 2.79. The Morgan fingerprint density at radius 2 is 1.86 bits per heavy atom. The number of carboxylic acid groups (broad SMARTS) is 1. The fourth-order valence-corrected chi connectivity index (χ4v) is 1.55. The molecule has 1 saturated heterocycles. The average molecular weight is 200 g/mol. The number of carboxylic acids is 1. The molecule has 0 spiro atoms. The van der Waals surface area contributed by atoms with Crippen molar-refractivity contribution in [3.8, 4) is 0 Å². The monoisotopic (exact) mass is 200 g/mol. The number of aliphatic carboxylic acids is 1. The fourth-order valence-electron chi connectivity index (χ4n) is 1.55. The van der Waals surface area contributed by atoms with Crippen LogP contribution in [0.3, 0.4) is 0 Å². The number of carbonyl (C=O) groups excluding carboxylic acids is 1. The van der Waals surface area contributed by atoms with Crippen LogP contribution in [0.2, 0.25) is 0 Å². The summed E-state index contributed by atoms with van der Waals surface area (Å²) in [6.07, 6.45) is 0. The number of hydrogen-bond acceptors (Lipinski definition) is 3. The smallest absolute Gasteiger partial charge is 0.394 e. The van der Waals surface area contributed by atoms with Gasteiger partial charge in [-0.3, -0.25) is 9.69 Å². The number of amides is 1. The first-order valence-electron chi connectivity index (χ1n) is 4.58. The summed E-state index contributed by atoms with van der Waals surface area (Å²) in [5.74, 6) is -2.17. The SMILES string of the molecule is CN1CCN(C(=O)C(=O)O)CC1(C)C. The summed E-state index contributed by atoms with van der Waals surface area (Å²) in [4.78, 5) is 25.2. The van der Waals surface area contributed by atoms with E-state index in [1.165, 1.54) is 4.90 Å². The second-order valence-electron chi connectivity index (χ2n) is 4.27. The number of piperazine rings is 1. The third kappa shape index (κ3) is 2.04. The van der Waals surface area contributed by atoms with Crippen LogP contribution in [0.15, 0.2) is 0 Å². The van der Waals surface area contributed by atoms with Crippen LogP contribution in [0.5, 0.6) is 0 Å². The summed E-state index contributed by atoms with van der Waals surface area (Å²) in [6.45, 7) is 5.66. The van der Waals surface area contributed by atoms with Gasteiger partial charge in [0.1, 0.15) is 0 Å². The second kappa shape index (κ2) is 3.57. The van der Waals surface area contributed by atoms with E-state index in [1.54, 1.807) is 0 Å². The van der Waals surface area contributed by atoms with Crippen molar-refractivity contribution in [2.24, 2.45) is 0 Å². The van der Waals surface area contributed by atoms with Crippen LogP contribution in [0.4, 0.5) is 0 Å². The van der Waals surface area contributed by atoms with Crippen LogP contribution >= 0.6 is 0 Å². The molecule has 5 heteroatoms. The molecule has 14 heavy (non-hydrogen) atoms. The fraction of sp³-hybridized carbons (Fsp3) is 0.778. The largest absolute Gasteiger partial charge is 0.474 e. The molecule has 1 heterocycles. The lowest BCUT2D eigenvalue weighted by molar-refractivity contribution is -0.158. The second-order valence-corrected chi connectivity index (χ2v) is 4.27. The molecule has 1 N–H and O–H groups in total. The van der Waals surface area contributed by atoms with E-state index in [1.807, 2.05) is 20.9 Å². The maximum absolute atomic E-state index is 11.2. The molecule has 0 aromatic carbocycles. The molecule has 1 fully saturated rings. The Balaban J connectivity index is 2.69. The van der Waals surface area contributed by atoms with Crippen molar-refractivity contribution in [2.75, 3.05) is 26.7 Å². The van der Waals surface area contributed by atoms with Crippen LogP contribution in [-0.4, -0.2) is 59.0 Å². The van der Waals surface area contributed by atoms with Crippen molar-refractivity contribution < 1.29 is 14.7 Å². The zero-order valence-corrected chi connectivity index (χ0v) is 8.78. The molecule has 1 aliphatic rings. The molecule has 0 unspecified atom stereocenters. The summed E-state index contributed by atoms with van der Waals surface area (Å²) >= 11 is 0. The highest BCUT2D eigenvalue weighted by molar-refractivity contribution is 6.31. The summed E-state index contributed by atoms with van der Waals surface area (Å²) < 4.78 is 0. The van der Waals surface area contributed by atoms with Gasteiger partial charge in [-0.05, 0) is 20.9 Å². The highest BCUT2D eigenvalue weighted by Crippen LogP contribution is 2.18. The normalized spacial score (nSPS) is 22.1. The Kier molecular flexibility index (Phi) is 2.80. The molecular weight excluding hydrogens is 184 g/mol. The Morgan fingerprint density at radius 1 is 1.29 bits per heavy atom. The van der Waals surface area contributed by atoms with Gasteiger partial charge >= 0.3 is 11.9 Å². The minimum Gasteiger partial charge on any atom is -0.474 e. The van der Waals surface area contributed by atoms with Gasteiger partial charge in [-0.2, -0.15) is 0 Å². The molecule has 0 saturated carbocycles. The molecule has 5 nitrogen and oxygen atoms in total. The van der Waals surface area contributed by atoms with E-state index in [0.717, 1.165) is 0 Å². The van der Waals surface area contributed by atoms with Gasteiger partial charge in [-0.15, -0.1) is 0 Å². The van der Waals surface area contributed by atoms with Crippen molar-refractivity contribution >= 4 is 11.9 Å². The van der Waals surface area contributed by atoms with Crippen LogP contribution in [0.1, 0.15) is 13.8 Å².